The number of likely N-dealkylation sites (N-methyl/N-ethyl adjacent to an activating group) is 1. The Morgan fingerprint density at radius 2 is 1.19 bits per heavy atom. The summed E-state index contributed by atoms with van der Waals surface area (Å²) in [4.78, 5) is 123. The first kappa shape index (κ1) is 102. The number of nitrogens with one attached hydrogen (secondary N) is 3. The summed E-state index contributed by atoms with van der Waals surface area (Å²) in [6, 6.07) is 58.9. The summed E-state index contributed by atoms with van der Waals surface area (Å²) in [5, 5.41) is 20.5. The molecule has 8 atom stereocenters. The molecule has 7 heterocycles. The smallest absolute Gasteiger partial charge is 0.409 e. The average Bonchev–Trinajstić information content (AvgIpc) is 1.57. The molecule has 2 saturated heterocycles. The van der Waals surface area contributed by atoms with Crippen LogP contribution in [0.5, 0.6) is 11.5 Å². The molecule has 32 heteroatoms. The van der Waals surface area contributed by atoms with Crippen molar-refractivity contribution in [1.29, 1.82) is 0 Å². The SMILES string of the molecule is COc1cc2cc(c1Cl)N(C)C(=O)C[C@@H](OC(=O)[C@@H](C)N(C)C(=O)CCSSCCC(=O)NCc1ccc(CNC(=O)COCCOCCOCC(=O)N(CCCCOc3cc(CN(Cc4ccccn4)Cc4ccccn4)cc(CN(Cc4ccccn4)Cc4ccccn4)c3)Cc3ccc(-c4ccccc4)cc3)cc1)[C@@]1(C)O[C@@H]1[C@@H](C)[C@H]1C[C@](O)(NC(=O)O1)[C@@H](OC)/C=C/C=C(\C)C2. The van der Waals surface area contributed by atoms with E-state index in [0.29, 0.717) is 108 Å². The number of amides is 6. The van der Waals surface area contributed by atoms with Crippen molar-refractivity contribution < 1.29 is 81.3 Å². The van der Waals surface area contributed by atoms with Gasteiger partial charge in [-0.1, -0.05) is 173 Å². The molecule has 135 heavy (non-hydrogen) atoms. The Labute approximate surface area is 803 Å². The van der Waals surface area contributed by atoms with Crippen molar-refractivity contribution in [2.75, 3.05) is 97.5 Å². The fourth-order valence-corrected chi connectivity index (χ4v) is 18.4. The highest BCUT2D eigenvalue weighted by Crippen LogP contribution is 2.50. The second-order valence-electron chi connectivity index (χ2n) is 34.1. The van der Waals surface area contributed by atoms with Gasteiger partial charge in [-0.2, -0.15) is 0 Å². The minimum atomic E-state index is -1.88. The van der Waals surface area contributed by atoms with Gasteiger partial charge in [-0.15, -0.1) is 0 Å². The van der Waals surface area contributed by atoms with Crippen molar-refractivity contribution >= 4 is 80.5 Å². The van der Waals surface area contributed by atoms with Crippen molar-refractivity contribution in [3.05, 3.63) is 292 Å². The Morgan fingerprint density at radius 1 is 0.637 bits per heavy atom. The molecule has 12 rings (SSSR count). The summed E-state index contributed by atoms with van der Waals surface area (Å²) in [5.41, 5.74) is 9.75. The summed E-state index contributed by atoms with van der Waals surface area (Å²) in [6.45, 7) is 12.9. The number of pyridine rings is 4. The van der Waals surface area contributed by atoms with Crippen LogP contribution in [0.2, 0.25) is 5.02 Å². The van der Waals surface area contributed by atoms with Gasteiger partial charge in [-0.25, -0.2) is 9.59 Å². The number of esters is 1. The first-order valence-electron chi connectivity index (χ1n) is 45.5. The van der Waals surface area contributed by atoms with E-state index in [-0.39, 0.29) is 101 Å². The first-order chi connectivity index (χ1) is 65.4. The number of halogens is 1. The van der Waals surface area contributed by atoms with E-state index in [1.165, 1.54) is 59.6 Å². The van der Waals surface area contributed by atoms with E-state index in [1.807, 2.05) is 158 Å². The van der Waals surface area contributed by atoms with Crippen molar-refractivity contribution in [3.63, 3.8) is 0 Å². The molecule has 6 amide bonds. The van der Waals surface area contributed by atoms with Crippen LogP contribution in [0.25, 0.3) is 11.1 Å². The summed E-state index contributed by atoms with van der Waals surface area (Å²) in [6.07, 6.45) is 9.42. The monoisotopic (exact) mass is 1900 g/mol. The van der Waals surface area contributed by atoms with E-state index in [0.717, 1.165) is 78.6 Å². The Hall–Kier alpha value is -11.5. The van der Waals surface area contributed by atoms with E-state index in [1.54, 1.807) is 45.2 Å². The minimum absolute atomic E-state index is 0.0748. The number of alkyl carbamates (subject to hydrolysis) is 1. The van der Waals surface area contributed by atoms with Crippen molar-refractivity contribution in [3.8, 4) is 22.6 Å². The Bertz CT molecular complexity index is 5190. The summed E-state index contributed by atoms with van der Waals surface area (Å²) in [7, 11) is 8.84. The lowest BCUT2D eigenvalue weighted by Gasteiger charge is -2.42. The number of hydrogen-bond acceptors (Lipinski definition) is 25. The van der Waals surface area contributed by atoms with Crippen LogP contribution in [0.4, 0.5) is 10.5 Å². The second-order valence-corrected chi connectivity index (χ2v) is 37.2. The third kappa shape index (κ3) is 31.8. The normalized spacial score (nSPS) is 19.2. The van der Waals surface area contributed by atoms with Crippen LogP contribution in [-0.2, 0) is 127 Å². The zero-order valence-corrected chi connectivity index (χ0v) is 80.3. The maximum atomic E-state index is 14.5. The number of allylic oxidation sites excluding steroid dienone is 3. The molecule has 3 aliphatic rings. The number of hydrogen-bond donors (Lipinski definition) is 4. The van der Waals surface area contributed by atoms with Crippen LogP contribution in [-0.4, -0.2) is 221 Å². The van der Waals surface area contributed by atoms with Crippen LogP contribution in [0.15, 0.2) is 231 Å². The highest BCUT2D eigenvalue weighted by Gasteiger charge is 2.65. The quantitative estimate of drug-likeness (QED) is 0.0119. The average molecular weight is 1900 g/mol. The maximum absolute atomic E-state index is 14.5. The van der Waals surface area contributed by atoms with Crippen LogP contribution >= 0.6 is 33.2 Å². The largest absolute Gasteiger partial charge is 0.495 e. The van der Waals surface area contributed by atoms with Gasteiger partial charge in [0.05, 0.1) is 81.1 Å². The van der Waals surface area contributed by atoms with Crippen molar-refractivity contribution in [1.82, 2.24) is 55.5 Å². The lowest BCUT2D eigenvalue weighted by atomic mass is 9.83. The molecule has 29 nitrogen and oxygen atoms in total. The first-order valence-corrected chi connectivity index (χ1v) is 48.4. The Morgan fingerprint density at radius 3 is 1.76 bits per heavy atom. The van der Waals surface area contributed by atoms with E-state index in [2.05, 4.69) is 100 Å². The van der Waals surface area contributed by atoms with E-state index in [9.17, 15) is 38.7 Å². The highest BCUT2D eigenvalue weighted by molar-refractivity contribution is 8.76. The molecular formula is C103H123ClN12O17S2. The van der Waals surface area contributed by atoms with Gasteiger partial charge in [0.2, 0.25) is 29.5 Å². The van der Waals surface area contributed by atoms with Crippen LogP contribution in [0.3, 0.4) is 0 Å². The molecule has 0 aliphatic carbocycles. The number of aliphatic hydroxyl groups is 1. The van der Waals surface area contributed by atoms with E-state index >= 15 is 0 Å². The third-order valence-electron chi connectivity index (χ3n) is 23.8. The molecule has 0 spiro atoms. The van der Waals surface area contributed by atoms with Gasteiger partial charge < -0.3 is 73.1 Å². The molecule has 4 bridgehead atoms. The zero-order valence-electron chi connectivity index (χ0n) is 77.9. The number of unbranched alkanes of at least 4 members (excludes halogenated alkanes) is 1. The van der Waals surface area contributed by atoms with E-state index < -0.39 is 65.7 Å². The number of carbonyl (C=O) groups is 7. The molecular weight excluding hydrogens is 1780 g/mol. The number of anilines is 1. The van der Waals surface area contributed by atoms with Crippen LogP contribution in [0.1, 0.15) is 122 Å². The molecule has 0 saturated carbocycles. The predicted molar refractivity (Wildman–Crippen MR) is 519 cm³/mol. The molecule has 0 unspecified atom stereocenters. The fourth-order valence-electron chi connectivity index (χ4n) is 16.1. The second kappa shape index (κ2) is 52.0. The van der Waals surface area contributed by atoms with Gasteiger partial charge in [-0.3, -0.25) is 59.0 Å². The minimum Gasteiger partial charge on any atom is -0.495 e. The van der Waals surface area contributed by atoms with Crippen molar-refractivity contribution in [2.45, 2.75) is 173 Å². The lowest BCUT2D eigenvalue weighted by molar-refractivity contribution is -0.162. The maximum Gasteiger partial charge on any atom is 0.409 e. The van der Waals surface area contributed by atoms with Crippen molar-refractivity contribution in [2.24, 2.45) is 5.92 Å². The number of carbonyl (C=O) groups excluding carboxylic acids is 7. The zero-order chi connectivity index (χ0) is 95.5. The van der Waals surface area contributed by atoms with Crippen LogP contribution in [0, 0.1) is 5.92 Å². The summed E-state index contributed by atoms with van der Waals surface area (Å²) >= 11 is 6.87. The number of aromatic nitrogens is 4. The fraction of sp³-hybridized carbons (Fsp3) is 0.408. The third-order valence-corrected chi connectivity index (χ3v) is 26.6. The molecule has 2 fully saturated rings. The van der Waals surface area contributed by atoms with Crippen LogP contribution < -0.4 is 30.3 Å². The molecule has 716 valence electrons. The lowest BCUT2D eigenvalue weighted by Crippen LogP contribution is -2.63. The highest BCUT2D eigenvalue weighted by atomic mass is 35.5. The number of rotatable bonds is 47. The molecule has 0 radical (unpaired) electrons. The molecule has 4 aromatic heterocycles. The number of ether oxygens (including phenoxy) is 9. The number of benzene rings is 5. The predicted octanol–water partition coefficient (Wildman–Crippen LogP) is 14.2. The topological polar surface area (TPSA) is 330 Å². The standard InChI is InChI=1S/C103H123ClN12O17S2/c1-72-23-22-30-91(126-8)103(124)60-90(131-101(123)111-103)73(2)99-102(4,133-99)92(59-96(120)113(6)88-57-78(53-72)58-89(125-7)98(88)104)132-100(122)74(3)112(5)95(119)40-52-135-134-51-39-93(117)109-61-75-31-33-76(34-32-75)62-110-94(118)70-128-49-47-127-48-50-129-71-97(121)116(65-77-35-37-82(38-36-77)81-24-10-9-11-25-81)45-20-21-46-130-87-55-79(63-114(66-83-26-12-16-41-105-83)67-84-27-13-17-42-106-84)54-80(56-87)64-115(68-85-28-14-18-43-107-85)69-86-29-15-19-44-108-86/h9-19,22-38,41-44,54-58,73-74,90-92,99,124H,20-21,39-40,45-53,59-71H2,1-8H3,(H,109,117)(H,110,118)(H,111,123)/b30-22+,72-23+/t73-,74+,90+,91-,92+,99+,102+,103+/m0/s1. The van der Waals surface area contributed by atoms with Gasteiger partial charge in [0.1, 0.15) is 59.7 Å². The van der Waals surface area contributed by atoms with E-state index in [4.69, 9.17) is 54.2 Å². The van der Waals surface area contributed by atoms with Gasteiger partial charge in [0, 0.05) is 148 Å². The van der Waals surface area contributed by atoms with Gasteiger partial charge in [-0.05, 0) is 157 Å². The summed E-state index contributed by atoms with van der Waals surface area (Å²) < 4.78 is 53.7. The number of nitrogens with zero attached hydrogens (tertiary/aromatic N) is 9. The Balaban J connectivity index is 0.539. The number of epoxide rings is 1. The van der Waals surface area contributed by atoms with Gasteiger partial charge in [0.25, 0.3) is 0 Å². The number of fused-ring (bicyclic) bond motifs is 5. The molecule has 9 aromatic rings. The molecule has 4 N–H and O–H groups in total. The summed E-state index contributed by atoms with van der Waals surface area (Å²) in [5.74, 6) is -0.832. The Kier molecular flexibility index (Phi) is 39.5. The van der Waals surface area contributed by atoms with Gasteiger partial charge >= 0.3 is 12.1 Å². The molecule has 3 aliphatic heterocycles. The molecule has 5 aromatic carbocycles. The van der Waals surface area contributed by atoms with Gasteiger partial charge in [0.15, 0.2) is 5.72 Å². The number of methoxy groups -OCH3 is 2.